The fourth-order valence-corrected chi connectivity index (χ4v) is 3.16. The predicted octanol–water partition coefficient (Wildman–Crippen LogP) is 3.89. The van der Waals surface area contributed by atoms with Crippen LogP contribution in [-0.4, -0.2) is 40.9 Å². The van der Waals surface area contributed by atoms with E-state index in [9.17, 15) is 14.4 Å². The summed E-state index contributed by atoms with van der Waals surface area (Å²) in [5.74, 6) is -0.560. The van der Waals surface area contributed by atoms with Crippen molar-refractivity contribution in [3.63, 3.8) is 0 Å². The highest BCUT2D eigenvalue weighted by molar-refractivity contribution is 6.09. The lowest BCUT2D eigenvalue weighted by atomic mass is 10.0. The van der Waals surface area contributed by atoms with Crippen LogP contribution in [0.25, 0.3) is 5.70 Å². The van der Waals surface area contributed by atoms with E-state index < -0.39 is 17.7 Å². The van der Waals surface area contributed by atoms with Gasteiger partial charge in [-0.05, 0) is 26.8 Å². The summed E-state index contributed by atoms with van der Waals surface area (Å²) in [6.07, 6.45) is -0.721. The number of ketones is 1. The van der Waals surface area contributed by atoms with E-state index in [2.05, 4.69) is 11.9 Å². The molecule has 6 nitrogen and oxygen atoms in total. The van der Waals surface area contributed by atoms with Crippen LogP contribution in [0.15, 0.2) is 61.2 Å². The molecule has 3 rings (SSSR count). The zero-order valence-electron chi connectivity index (χ0n) is 16.8. The summed E-state index contributed by atoms with van der Waals surface area (Å²) in [6.45, 7) is 9.18. The first-order valence-electron chi connectivity index (χ1n) is 9.36. The molecule has 0 bridgehead atoms. The molecule has 1 N–H and O–H groups in total. The molecule has 0 saturated heterocycles. The number of carbonyl (C=O) groups is 3. The van der Waals surface area contributed by atoms with Crippen molar-refractivity contribution >= 4 is 23.5 Å². The Hall–Kier alpha value is -3.41. The zero-order chi connectivity index (χ0) is 21.2. The van der Waals surface area contributed by atoms with E-state index in [4.69, 9.17) is 4.74 Å². The summed E-state index contributed by atoms with van der Waals surface area (Å²) in [4.78, 5) is 39.7. The summed E-state index contributed by atoms with van der Waals surface area (Å²) in [7, 11) is 0. The summed E-state index contributed by atoms with van der Waals surface area (Å²) in [6, 6.07) is 14.8. The van der Waals surface area contributed by atoms with Crippen LogP contribution >= 0.6 is 0 Å². The monoisotopic (exact) mass is 392 g/mol. The minimum absolute atomic E-state index is 0.0423. The second-order valence-electron chi connectivity index (χ2n) is 7.84. The third kappa shape index (κ3) is 4.54. The Morgan fingerprint density at radius 1 is 1.03 bits per heavy atom. The van der Waals surface area contributed by atoms with Gasteiger partial charge in [0.25, 0.3) is 5.91 Å². The van der Waals surface area contributed by atoms with E-state index in [-0.39, 0.29) is 18.2 Å². The Kier molecular flexibility index (Phi) is 5.55. The number of hydrogen-bond donors (Lipinski definition) is 1. The molecule has 2 aromatic rings. The molecule has 29 heavy (non-hydrogen) atoms. The molecule has 0 spiro atoms. The summed E-state index contributed by atoms with van der Waals surface area (Å²) < 4.78 is 5.31. The van der Waals surface area contributed by atoms with E-state index in [1.54, 1.807) is 63.2 Å². The number of nitrogens with one attached hydrogen (secondary N) is 1. The number of fused-ring (bicyclic) bond motifs is 1. The summed E-state index contributed by atoms with van der Waals surface area (Å²) in [5, 5.41) is 2.62. The number of rotatable bonds is 5. The fraction of sp³-hybridized carbons (Fsp3) is 0.261. The molecule has 0 saturated carbocycles. The van der Waals surface area contributed by atoms with Crippen molar-refractivity contribution in [1.29, 1.82) is 0 Å². The molecule has 1 aliphatic rings. The Bertz CT molecular complexity index is 925. The molecule has 0 aliphatic carbocycles. The first-order chi connectivity index (χ1) is 13.7. The summed E-state index contributed by atoms with van der Waals surface area (Å²) in [5.41, 5.74) is 1.47. The lowest BCUT2D eigenvalue weighted by Gasteiger charge is -2.26. The normalized spacial score (nSPS) is 14.4. The predicted molar refractivity (Wildman–Crippen MR) is 110 cm³/mol. The van der Waals surface area contributed by atoms with Crippen LogP contribution in [0.1, 0.15) is 47.1 Å². The minimum atomic E-state index is -0.984. The highest BCUT2D eigenvalue weighted by atomic mass is 16.6. The van der Waals surface area contributed by atoms with Gasteiger partial charge >= 0.3 is 6.09 Å². The van der Waals surface area contributed by atoms with Gasteiger partial charge in [-0.3, -0.25) is 9.59 Å². The van der Waals surface area contributed by atoms with Crippen molar-refractivity contribution in [2.45, 2.75) is 32.4 Å². The first kappa shape index (κ1) is 20.3. The number of hydrogen-bond acceptors (Lipinski definition) is 4. The number of ether oxygens (including phenoxy) is 1. The van der Waals surface area contributed by atoms with Crippen molar-refractivity contribution in [2.75, 3.05) is 6.54 Å². The molecule has 2 aromatic carbocycles. The Balaban J connectivity index is 1.86. The molecule has 1 aliphatic heterocycles. The van der Waals surface area contributed by atoms with Gasteiger partial charge in [0, 0.05) is 22.4 Å². The quantitative estimate of drug-likeness (QED) is 0.784. The molecular weight excluding hydrogens is 368 g/mol. The van der Waals surface area contributed by atoms with Gasteiger partial charge in [0.05, 0.1) is 6.54 Å². The first-order valence-corrected chi connectivity index (χ1v) is 9.36. The number of amides is 2. The molecule has 0 aromatic heterocycles. The second kappa shape index (κ2) is 7.91. The van der Waals surface area contributed by atoms with Crippen LogP contribution in [0.3, 0.4) is 0 Å². The third-order valence-electron chi connectivity index (χ3n) is 4.47. The number of benzene rings is 2. The van der Waals surface area contributed by atoms with Crippen LogP contribution in [0.5, 0.6) is 0 Å². The SMILES string of the molecule is C=C1c2ccccc2C(=O)N1CC(NC(=O)OC(C)(C)C)C(=O)c1ccccc1. The lowest BCUT2D eigenvalue weighted by molar-refractivity contribution is 0.0478. The molecule has 0 fully saturated rings. The van der Waals surface area contributed by atoms with Crippen LogP contribution < -0.4 is 5.32 Å². The molecule has 6 heteroatoms. The van der Waals surface area contributed by atoms with E-state index >= 15 is 0 Å². The molecule has 1 heterocycles. The van der Waals surface area contributed by atoms with Crippen molar-refractivity contribution < 1.29 is 19.1 Å². The average molecular weight is 392 g/mol. The highest BCUT2D eigenvalue weighted by Crippen LogP contribution is 2.31. The van der Waals surface area contributed by atoms with Crippen molar-refractivity contribution in [3.8, 4) is 0 Å². The Labute approximate surface area is 170 Å². The van der Waals surface area contributed by atoms with Crippen molar-refractivity contribution in [3.05, 3.63) is 77.9 Å². The van der Waals surface area contributed by atoms with Crippen LogP contribution in [0, 0.1) is 0 Å². The highest BCUT2D eigenvalue weighted by Gasteiger charge is 2.35. The molecule has 150 valence electrons. The Morgan fingerprint density at radius 2 is 1.62 bits per heavy atom. The standard InChI is InChI=1S/C23H24N2O4/c1-15-17-12-8-9-13-18(17)21(27)25(15)14-19(24-22(28)29-23(2,3)4)20(26)16-10-6-5-7-11-16/h5-13,19H,1,14H2,2-4H3,(H,24,28). The molecule has 0 radical (unpaired) electrons. The smallest absolute Gasteiger partial charge is 0.408 e. The fourth-order valence-electron chi connectivity index (χ4n) is 3.16. The minimum Gasteiger partial charge on any atom is -0.444 e. The third-order valence-corrected chi connectivity index (χ3v) is 4.47. The lowest BCUT2D eigenvalue weighted by Crippen LogP contribution is -2.49. The summed E-state index contributed by atoms with van der Waals surface area (Å²) >= 11 is 0. The number of nitrogens with zero attached hydrogens (tertiary/aromatic N) is 1. The van der Waals surface area contributed by atoms with E-state index in [0.29, 0.717) is 16.8 Å². The van der Waals surface area contributed by atoms with Gasteiger partial charge < -0.3 is 15.0 Å². The van der Waals surface area contributed by atoms with Gasteiger partial charge in [-0.2, -0.15) is 0 Å². The van der Waals surface area contributed by atoms with Crippen molar-refractivity contribution in [2.24, 2.45) is 0 Å². The average Bonchev–Trinajstić information content (AvgIpc) is 2.91. The Morgan fingerprint density at radius 3 is 2.21 bits per heavy atom. The van der Waals surface area contributed by atoms with Crippen LogP contribution in [0.2, 0.25) is 0 Å². The number of carbonyl (C=O) groups excluding carboxylic acids is 3. The largest absolute Gasteiger partial charge is 0.444 e. The van der Waals surface area contributed by atoms with Gasteiger partial charge in [-0.25, -0.2) is 4.79 Å². The van der Waals surface area contributed by atoms with E-state index in [1.807, 2.05) is 12.1 Å². The van der Waals surface area contributed by atoms with Crippen LogP contribution in [-0.2, 0) is 4.74 Å². The van der Waals surface area contributed by atoms with Gasteiger partial charge in [0.1, 0.15) is 11.6 Å². The molecule has 1 atom stereocenters. The zero-order valence-corrected chi connectivity index (χ0v) is 16.8. The maximum atomic E-state index is 13.1. The second-order valence-corrected chi connectivity index (χ2v) is 7.84. The molecular formula is C23H24N2O4. The topological polar surface area (TPSA) is 75.7 Å². The van der Waals surface area contributed by atoms with E-state index in [1.165, 1.54) is 4.90 Å². The van der Waals surface area contributed by atoms with Crippen molar-refractivity contribution in [1.82, 2.24) is 10.2 Å². The van der Waals surface area contributed by atoms with Gasteiger partial charge in [0.15, 0.2) is 5.78 Å². The number of alkyl carbamates (subject to hydrolysis) is 1. The van der Waals surface area contributed by atoms with Gasteiger partial charge in [-0.15, -0.1) is 0 Å². The maximum absolute atomic E-state index is 13.1. The van der Waals surface area contributed by atoms with Gasteiger partial charge in [-0.1, -0.05) is 55.1 Å². The molecule has 2 amide bonds. The van der Waals surface area contributed by atoms with Gasteiger partial charge in [0.2, 0.25) is 0 Å². The number of Topliss-reactive ketones (excluding diaryl/α,β-unsaturated/α-hetero) is 1. The maximum Gasteiger partial charge on any atom is 0.408 e. The van der Waals surface area contributed by atoms with Crippen LogP contribution in [0.4, 0.5) is 4.79 Å². The molecule has 1 unspecified atom stereocenters. The van der Waals surface area contributed by atoms with E-state index in [0.717, 1.165) is 5.56 Å².